The summed E-state index contributed by atoms with van der Waals surface area (Å²) in [5.41, 5.74) is 3.55. The molecule has 0 fully saturated rings. The van der Waals surface area contributed by atoms with Gasteiger partial charge in [-0.1, -0.05) is 30.3 Å². The minimum Gasteiger partial charge on any atom is -0.357 e. The van der Waals surface area contributed by atoms with Crippen molar-refractivity contribution in [1.29, 1.82) is 0 Å². The monoisotopic (exact) mass is 311 g/mol. The van der Waals surface area contributed by atoms with Gasteiger partial charge in [0.05, 0.1) is 10.7 Å². The van der Waals surface area contributed by atoms with Crippen LogP contribution in [-0.2, 0) is 6.54 Å². The molecule has 1 aromatic carbocycles. The van der Waals surface area contributed by atoms with E-state index in [1.807, 2.05) is 61.9 Å². The van der Waals surface area contributed by atoms with Gasteiger partial charge in [0.1, 0.15) is 5.69 Å². The molecule has 0 saturated heterocycles. The predicted octanol–water partition coefficient (Wildman–Crippen LogP) is 3.72. The van der Waals surface area contributed by atoms with Crippen molar-refractivity contribution in [3.8, 4) is 11.3 Å². The van der Waals surface area contributed by atoms with Gasteiger partial charge in [-0.3, -0.25) is 4.79 Å². The highest BCUT2D eigenvalue weighted by molar-refractivity contribution is 7.09. The molecule has 0 saturated carbocycles. The first-order valence-corrected chi connectivity index (χ1v) is 7.92. The lowest BCUT2D eigenvalue weighted by molar-refractivity contribution is 0.0780. The first-order chi connectivity index (χ1) is 10.6. The lowest BCUT2D eigenvalue weighted by atomic mass is 10.2. The van der Waals surface area contributed by atoms with Crippen LogP contribution in [-0.4, -0.2) is 27.8 Å². The second-order valence-electron chi connectivity index (χ2n) is 5.20. The summed E-state index contributed by atoms with van der Waals surface area (Å²) in [7, 11) is 1.81. The van der Waals surface area contributed by atoms with Gasteiger partial charge in [0, 0.05) is 30.7 Å². The summed E-state index contributed by atoms with van der Waals surface area (Å²) < 4.78 is 0. The van der Waals surface area contributed by atoms with Crippen LogP contribution in [0.3, 0.4) is 0 Å². The Labute approximate surface area is 133 Å². The third kappa shape index (κ3) is 3.09. The van der Waals surface area contributed by atoms with Gasteiger partial charge in [0.25, 0.3) is 5.91 Å². The van der Waals surface area contributed by atoms with E-state index in [1.54, 1.807) is 16.2 Å². The number of H-pyrrole nitrogens is 1. The molecule has 1 N–H and O–H groups in total. The quantitative estimate of drug-likeness (QED) is 0.798. The molecule has 3 aromatic rings. The molecule has 0 radical (unpaired) electrons. The number of nitrogens with one attached hydrogen (secondary N) is 1. The number of hydrogen-bond acceptors (Lipinski definition) is 3. The standard InChI is InChI=1S/C17H17N3OS/c1-12-19-16(11-22-12)14-8-15(18-9-14)17(21)20(2)10-13-6-4-3-5-7-13/h3-9,11,18H,10H2,1-2H3. The Bertz CT molecular complexity index is 776. The molecule has 0 spiro atoms. The molecule has 0 atom stereocenters. The maximum Gasteiger partial charge on any atom is 0.270 e. The highest BCUT2D eigenvalue weighted by Crippen LogP contribution is 2.22. The van der Waals surface area contributed by atoms with Crippen molar-refractivity contribution >= 4 is 17.2 Å². The second-order valence-corrected chi connectivity index (χ2v) is 6.26. The van der Waals surface area contributed by atoms with E-state index in [-0.39, 0.29) is 5.91 Å². The van der Waals surface area contributed by atoms with Crippen molar-refractivity contribution in [1.82, 2.24) is 14.9 Å². The van der Waals surface area contributed by atoms with Crippen LogP contribution in [0.1, 0.15) is 21.1 Å². The Balaban J connectivity index is 1.74. The molecule has 3 rings (SSSR count). The van der Waals surface area contributed by atoms with Crippen LogP contribution in [0.25, 0.3) is 11.3 Å². The lowest BCUT2D eigenvalue weighted by Gasteiger charge is -2.16. The molecule has 0 aliphatic heterocycles. The zero-order valence-corrected chi connectivity index (χ0v) is 13.4. The van der Waals surface area contributed by atoms with Crippen LogP contribution in [0.5, 0.6) is 0 Å². The van der Waals surface area contributed by atoms with Gasteiger partial charge in [0.15, 0.2) is 0 Å². The molecule has 5 heteroatoms. The van der Waals surface area contributed by atoms with E-state index in [4.69, 9.17) is 0 Å². The third-order valence-electron chi connectivity index (χ3n) is 3.44. The minimum atomic E-state index is -0.0259. The number of hydrogen-bond donors (Lipinski definition) is 1. The van der Waals surface area contributed by atoms with E-state index in [1.165, 1.54) is 0 Å². The smallest absolute Gasteiger partial charge is 0.270 e. The first-order valence-electron chi connectivity index (χ1n) is 7.04. The first kappa shape index (κ1) is 14.5. The van der Waals surface area contributed by atoms with Crippen molar-refractivity contribution in [2.45, 2.75) is 13.5 Å². The number of aromatic nitrogens is 2. The van der Waals surface area contributed by atoms with Crippen molar-refractivity contribution in [3.63, 3.8) is 0 Å². The summed E-state index contributed by atoms with van der Waals surface area (Å²) in [6.45, 7) is 2.56. The average molecular weight is 311 g/mol. The van der Waals surface area contributed by atoms with Crippen LogP contribution in [0.15, 0.2) is 48.0 Å². The number of thiazole rings is 1. The summed E-state index contributed by atoms with van der Waals surface area (Å²) in [6.07, 6.45) is 1.83. The topological polar surface area (TPSA) is 49.0 Å². The maximum atomic E-state index is 12.5. The zero-order valence-electron chi connectivity index (χ0n) is 12.5. The van der Waals surface area contributed by atoms with Gasteiger partial charge in [-0.15, -0.1) is 11.3 Å². The summed E-state index contributed by atoms with van der Waals surface area (Å²) in [4.78, 5) is 21.7. The number of aromatic amines is 1. The highest BCUT2D eigenvalue weighted by Gasteiger charge is 2.15. The molecule has 2 aromatic heterocycles. The fourth-order valence-corrected chi connectivity index (χ4v) is 2.92. The second kappa shape index (κ2) is 6.15. The fraction of sp³-hybridized carbons (Fsp3) is 0.176. The van der Waals surface area contributed by atoms with Crippen LogP contribution < -0.4 is 0 Å². The van der Waals surface area contributed by atoms with Crippen molar-refractivity contribution in [2.24, 2.45) is 0 Å². The Morgan fingerprint density at radius 1 is 1.32 bits per heavy atom. The normalized spacial score (nSPS) is 10.6. The highest BCUT2D eigenvalue weighted by atomic mass is 32.1. The van der Waals surface area contributed by atoms with Crippen LogP contribution >= 0.6 is 11.3 Å². The summed E-state index contributed by atoms with van der Waals surface area (Å²) in [5.74, 6) is -0.0259. The number of amides is 1. The third-order valence-corrected chi connectivity index (χ3v) is 4.21. The predicted molar refractivity (Wildman–Crippen MR) is 88.9 cm³/mol. The van der Waals surface area contributed by atoms with Crippen LogP contribution in [0.4, 0.5) is 0 Å². The zero-order chi connectivity index (χ0) is 15.5. The number of carbonyl (C=O) groups excluding carboxylic acids is 1. The number of benzene rings is 1. The van der Waals surface area contributed by atoms with E-state index in [9.17, 15) is 4.79 Å². The van der Waals surface area contributed by atoms with Gasteiger partial charge < -0.3 is 9.88 Å². The number of carbonyl (C=O) groups is 1. The number of aryl methyl sites for hydroxylation is 1. The molecule has 112 valence electrons. The van der Waals surface area contributed by atoms with Crippen molar-refractivity contribution in [2.75, 3.05) is 7.05 Å². The average Bonchev–Trinajstić information content (AvgIpc) is 3.16. The summed E-state index contributed by atoms with van der Waals surface area (Å²) >= 11 is 1.60. The van der Waals surface area contributed by atoms with Crippen LogP contribution in [0.2, 0.25) is 0 Å². The van der Waals surface area contributed by atoms with E-state index >= 15 is 0 Å². The Morgan fingerprint density at radius 2 is 2.09 bits per heavy atom. The van der Waals surface area contributed by atoms with Crippen LogP contribution in [0, 0.1) is 6.92 Å². The van der Waals surface area contributed by atoms with Crippen molar-refractivity contribution < 1.29 is 4.79 Å². The molecule has 0 unspecified atom stereocenters. The Hall–Kier alpha value is -2.40. The van der Waals surface area contributed by atoms with Gasteiger partial charge in [-0.25, -0.2) is 4.98 Å². The summed E-state index contributed by atoms with van der Waals surface area (Å²) in [5, 5.41) is 3.02. The number of rotatable bonds is 4. The molecule has 22 heavy (non-hydrogen) atoms. The summed E-state index contributed by atoms with van der Waals surface area (Å²) in [6, 6.07) is 11.8. The fourth-order valence-electron chi connectivity index (χ4n) is 2.30. The Kier molecular flexibility index (Phi) is 4.06. The van der Waals surface area contributed by atoms with E-state index in [0.717, 1.165) is 21.8 Å². The lowest BCUT2D eigenvalue weighted by Crippen LogP contribution is -2.26. The molecule has 0 aliphatic carbocycles. The molecular formula is C17H17N3OS. The largest absolute Gasteiger partial charge is 0.357 e. The molecule has 4 nitrogen and oxygen atoms in total. The molecule has 0 aliphatic rings. The molecule has 1 amide bonds. The maximum absolute atomic E-state index is 12.5. The van der Waals surface area contributed by atoms with E-state index < -0.39 is 0 Å². The molecule has 2 heterocycles. The minimum absolute atomic E-state index is 0.0259. The molecular weight excluding hydrogens is 294 g/mol. The SMILES string of the molecule is Cc1nc(-c2c[nH]c(C(=O)N(C)Cc3ccccc3)c2)cs1. The Morgan fingerprint density at radius 3 is 2.77 bits per heavy atom. The van der Waals surface area contributed by atoms with Gasteiger partial charge in [-0.05, 0) is 18.6 Å². The van der Waals surface area contributed by atoms with Gasteiger partial charge in [-0.2, -0.15) is 0 Å². The molecule has 0 bridgehead atoms. The van der Waals surface area contributed by atoms with E-state index in [2.05, 4.69) is 9.97 Å². The number of nitrogens with zero attached hydrogens (tertiary/aromatic N) is 2. The van der Waals surface area contributed by atoms with Gasteiger partial charge >= 0.3 is 0 Å². The van der Waals surface area contributed by atoms with Crippen molar-refractivity contribution in [3.05, 3.63) is 64.2 Å². The van der Waals surface area contributed by atoms with E-state index in [0.29, 0.717) is 12.2 Å². The van der Waals surface area contributed by atoms with Gasteiger partial charge in [0.2, 0.25) is 0 Å².